The summed E-state index contributed by atoms with van der Waals surface area (Å²) in [5, 5.41) is 18.8. The van der Waals surface area contributed by atoms with Gasteiger partial charge in [0.05, 0.1) is 22.8 Å². The first kappa shape index (κ1) is 19.4. The fourth-order valence-electron chi connectivity index (χ4n) is 4.48. The molecule has 8 nitrogen and oxygen atoms in total. The molecular formula is C23H22N4O4. The first-order chi connectivity index (χ1) is 15.0. The van der Waals surface area contributed by atoms with Gasteiger partial charge in [0.2, 0.25) is 0 Å². The molecule has 8 heteroatoms. The number of carbonyl (C=O) groups is 1. The number of nitrogens with one attached hydrogen (secondary N) is 1. The largest absolute Gasteiger partial charge is 0.376 e. The number of ether oxygens (including phenoxy) is 1. The van der Waals surface area contributed by atoms with E-state index in [1.807, 2.05) is 37.3 Å². The number of hydrogen-bond donors (Lipinski definition) is 1. The summed E-state index contributed by atoms with van der Waals surface area (Å²) in [6, 6.07) is 14.0. The van der Waals surface area contributed by atoms with Crippen molar-refractivity contribution in [3.05, 3.63) is 81.0 Å². The third-order valence-corrected chi connectivity index (χ3v) is 6.01. The molecule has 2 aliphatic rings. The molecule has 5 rings (SSSR count). The van der Waals surface area contributed by atoms with Gasteiger partial charge >= 0.3 is 0 Å². The molecule has 3 aromatic rings. The third kappa shape index (κ3) is 3.38. The number of hydrogen-bond acceptors (Lipinski definition) is 5. The molecule has 1 N–H and O–H groups in total. The molecule has 31 heavy (non-hydrogen) atoms. The molecular weight excluding hydrogens is 396 g/mol. The van der Waals surface area contributed by atoms with Crippen LogP contribution in [0.1, 0.15) is 46.1 Å². The lowest BCUT2D eigenvalue weighted by molar-refractivity contribution is -0.384. The maximum Gasteiger partial charge on any atom is 0.273 e. The zero-order valence-electron chi connectivity index (χ0n) is 17.1. The van der Waals surface area contributed by atoms with Crippen LogP contribution in [0.5, 0.6) is 0 Å². The van der Waals surface area contributed by atoms with E-state index < -0.39 is 11.0 Å². The number of nitro benzene ring substituents is 1. The van der Waals surface area contributed by atoms with Gasteiger partial charge in [0.15, 0.2) is 0 Å². The Morgan fingerprint density at radius 2 is 2.06 bits per heavy atom. The second-order valence-corrected chi connectivity index (χ2v) is 8.07. The van der Waals surface area contributed by atoms with Crippen LogP contribution in [0.3, 0.4) is 0 Å². The van der Waals surface area contributed by atoms with Crippen molar-refractivity contribution in [2.75, 3.05) is 13.2 Å². The van der Waals surface area contributed by atoms with Gasteiger partial charge in [-0.15, -0.1) is 0 Å². The monoisotopic (exact) mass is 418 g/mol. The molecule has 0 radical (unpaired) electrons. The summed E-state index contributed by atoms with van der Waals surface area (Å²) in [6.07, 6.45) is 1.82. The number of nitrogens with zero attached hydrogens (tertiary/aromatic N) is 3. The highest BCUT2D eigenvalue weighted by Crippen LogP contribution is 2.43. The first-order valence-corrected chi connectivity index (χ1v) is 10.3. The number of aromatic nitrogens is 2. The number of amides is 1. The summed E-state index contributed by atoms with van der Waals surface area (Å²) in [4.78, 5) is 26.1. The van der Waals surface area contributed by atoms with Crippen LogP contribution in [0, 0.1) is 17.0 Å². The molecule has 1 fully saturated rings. The van der Waals surface area contributed by atoms with Gasteiger partial charge in [-0.25, -0.2) is 0 Å². The van der Waals surface area contributed by atoms with E-state index in [1.165, 1.54) is 6.07 Å². The van der Waals surface area contributed by atoms with Gasteiger partial charge in [-0.2, -0.15) is 5.10 Å². The summed E-state index contributed by atoms with van der Waals surface area (Å²) >= 11 is 0. The quantitative estimate of drug-likeness (QED) is 0.498. The molecule has 2 aliphatic heterocycles. The zero-order valence-corrected chi connectivity index (χ0v) is 17.1. The van der Waals surface area contributed by atoms with Crippen LogP contribution in [0.4, 0.5) is 5.69 Å². The van der Waals surface area contributed by atoms with E-state index in [0.717, 1.165) is 29.5 Å². The van der Waals surface area contributed by atoms with E-state index >= 15 is 0 Å². The normalized spacial score (nSPS) is 20.3. The molecule has 2 unspecified atom stereocenters. The Bertz CT molecular complexity index is 1150. The van der Waals surface area contributed by atoms with Crippen LogP contribution < -0.4 is 0 Å². The smallest absolute Gasteiger partial charge is 0.273 e. The van der Waals surface area contributed by atoms with E-state index in [1.54, 1.807) is 17.0 Å². The van der Waals surface area contributed by atoms with Crippen LogP contribution >= 0.6 is 0 Å². The minimum Gasteiger partial charge on any atom is -0.376 e. The van der Waals surface area contributed by atoms with Crippen LogP contribution in [0.15, 0.2) is 48.5 Å². The predicted molar refractivity (Wildman–Crippen MR) is 114 cm³/mol. The summed E-state index contributed by atoms with van der Waals surface area (Å²) in [5.41, 5.74) is 4.59. The molecule has 158 valence electrons. The van der Waals surface area contributed by atoms with Crippen LogP contribution in [0.2, 0.25) is 0 Å². The van der Waals surface area contributed by atoms with Crippen molar-refractivity contribution in [2.24, 2.45) is 0 Å². The van der Waals surface area contributed by atoms with E-state index in [0.29, 0.717) is 30.1 Å². The summed E-state index contributed by atoms with van der Waals surface area (Å²) in [5.74, 6) is -0.159. The van der Waals surface area contributed by atoms with Crippen molar-refractivity contribution in [3.63, 3.8) is 0 Å². The molecule has 0 aliphatic carbocycles. The predicted octanol–water partition coefficient (Wildman–Crippen LogP) is 4.02. The number of aromatic amines is 1. The second kappa shape index (κ2) is 7.63. The SMILES string of the molecule is Cc1ccc(-c2n[nH]c3c2C(c2cccc([N+](=O)[O-])c2)N(CC2CCCO2)C3=O)cc1. The van der Waals surface area contributed by atoms with E-state index in [2.05, 4.69) is 10.2 Å². The molecule has 3 heterocycles. The highest BCUT2D eigenvalue weighted by atomic mass is 16.6. The molecule has 1 amide bonds. The van der Waals surface area contributed by atoms with Crippen molar-refractivity contribution in [2.45, 2.75) is 31.9 Å². The molecule has 1 saturated heterocycles. The molecule has 2 aromatic carbocycles. The highest BCUT2D eigenvalue weighted by molar-refractivity contribution is 6.00. The minimum absolute atomic E-state index is 0.00385. The number of benzene rings is 2. The zero-order chi connectivity index (χ0) is 21.5. The van der Waals surface area contributed by atoms with Gasteiger partial charge in [-0.1, -0.05) is 42.0 Å². The fraction of sp³-hybridized carbons (Fsp3) is 0.304. The first-order valence-electron chi connectivity index (χ1n) is 10.3. The van der Waals surface area contributed by atoms with Gasteiger partial charge < -0.3 is 9.64 Å². The van der Waals surface area contributed by atoms with Crippen molar-refractivity contribution in [3.8, 4) is 11.3 Å². The Hall–Kier alpha value is -3.52. The van der Waals surface area contributed by atoms with Gasteiger partial charge in [-0.05, 0) is 25.3 Å². The van der Waals surface area contributed by atoms with Gasteiger partial charge in [0.25, 0.3) is 11.6 Å². The van der Waals surface area contributed by atoms with E-state index in [-0.39, 0.29) is 17.7 Å². The van der Waals surface area contributed by atoms with Gasteiger partial charge in [0, 0.05) is 36.4 Å². The molecule has 1 aromatic heterocycles. The highest BCUT2D eigenvalue weighted by Gasteiger charge is 2.43. The fourth-order valence-corrected chi connectivity index (χ4v) is 4.48. The Labute approximate surface area is 179 Å². The van der Waals surface area contributed by atoms with Gasteiger partial charge in [-0.3, -0.25) is 20.0 Å². The average Bonchev–Trinajstić information content (AvgIpc) is 3.49. The lowest BCUT2D eigenvalue weighted by Crippen LogP contribution is -2.36. The lowest BCUT2D eigenvalue weighted by Gasteiger charge is -2.28. The third-order valence-electron chi connectivity index (χ3n) is 6.01. The van der Waals surface area contributed by atoms with Gasteiger partial charge in [0.1, 0.15) is 5.69 Å². The number of fused-ring (bicyclic) bond motifs is 1. The number of nitro groups is 1. The van der Waals surface area contributed by atoms with Crippen LogP contribution in [0.25, 0.3) is 11.3 Å². The van der Waals surface area contributed by atoms with Crippen molar-refractivity contribution in [1.29, 1.82) is 0 Å². The van der Waals surface area contributed by atoms with Crippen molar-refractivity contribution >= 4 is 11.6 Å². The lowest BCUT2D eigenvalue weighted by atomic mass is 9.95. The van der Waals surface area contributed by atoms with Crippen LogP contribution in [-0.2, 0) is 4.74 Å². The maximum absolute atomic E-state index is 13.4. The van der Waals surface area contributed by atoms with E-state index in [9.17, 15) is 14.9 Å². The summed E-state index contributed by atoms with van der Waals surface area (Å²) in [7, 11) is 0. The number of H-pyrrole nitrogens is 1. The second-order valence-electron chi connectivity index (χ2n) is 8.07. The average molecular weight is 418 g/mol. The van der Waals surface area contributed by atoms with E-state index in [4.69, 9.17) is 4.74 Å². The molecule has 0 bridgehead atoms. The van der Waals surface area contributed by atoms with Crippen molar-refractivity contribution < 1.29 is 14.5 Å². The molecule has 0 saturated carbocycles. The number of non-ortho nitro benzene ring substituents is 1. The molecule has 0 spiro atoms. The Morgan fingerprint density at radius 1 is 1.26 bits per heavy atom. The Kier molecular flexibility index (Phi) is 4.78. The Balaban J connectivity index is 1.63. The summed E-state index contributed by atoms with van der Waals surface area (Å²) < 4.78 is 5.78. The molecule has 2 atom stereocenters. The topological polar surface area (TPSA) is 101 Å². The minimum atomic E-state index is -0.471. The number of carbonyl (C=O) groups excluding carboxylic acids is 1. The number of rotatable bonds is 5. The maximum atomic E-state index is 13.4. The number of aryl methyl sites for hydroxylation is 1. The summed E-state index contributed by atoms with van der Waals surface area (Å²) in [6.45, 7) is 3.13. The Morgan fingerprint density at radius 3 is 2.77 bits per heavy atom. The van der Waals surface area contributed by atoms with Crippen molar-refractivity contribution in [1.82, 2.24) is 15.1 Å². The van der Waals surface area contributed by atoms with Crippen LogP contribution in [-0.4, -0.2) is 45.2 Å². The standard InChI is InChI=1S/C23H22N4O4/c1-14-7-9-15(10-8-14)20-19-21(25-24-20)23(28)26(13-18-6-3-11-31-18)22(19)16-4-2-5-17(12-16)27(29)30/h2,4-5,7-10,12,18,22H,3,6,11,13H2,1H3,(H,24,25).